The number of ether oxygens (including phenoxy) is 3. The van der Waals surface area contributed by atoms with Crippen molar-refractivity contribution in [2.75, 3.05) is 6.61 Å². The number of hydrogen-bond acceptors (Lipinski definition) is 7. The predicted molar refractivity (Wildman–Crippen MR) is 122 cm³/mol. The summed E-state index contributed by atoms with van der Waals surface area (Å²) in [6.45, 7) is -0.114. The molecule has 4 atom stereocenters. The van der Waals surface area contributed by atoms with Crippen molar-refractivity contribution < 1.29 is 33.7 Å². The molecule has 0 bridgehead atoms. The first kappa shape index (κ1) is 23.2. The average Bonchev–Trinajstić information content (AvgIpc) is 3.17. The van der Waals surface area contributed by atoms with Crippen LogP contribution in [0.2, 0.25) is 0 Å². The molecule has 7 heteroatoms. The molecule has 174 valence electrons. The zero-order valence-corrected chi connectivity index (χ0v) is 18.3. The smallest absolute Gasteiger partial charge is 0.338 e. The molecule has 0 spiro atoms. The van der Waals surface area contributed by atoms with Crippen molar-refractivity contribution in [1.29, 1.82) is 0 Å². The topological polar surface area (TPSA) is 99.1 Å². The molecule has 0 amide bonds. The summed E-state index contributed by atoms with van der Waals surface area (Å²) in [4.78, 5) is 37.8. The zero-order valence-electron chi connectivity index (χ0n) is 18.3. The van der Waals surface area contributed by atoms with Crippen LogP contribution in [-0.4, -0.2) is 47.9 Å². The van der Waals surface area contributed by atoms with Crippen LogP contribution in [0.25, 0.3) is 0 Å². The van der Waals surface area contributed by atoms with Gasteiger partial charge in [0.05, 0.1) is 29.4 Å². The van der Waals surface area contributed by atoms with Crippen molar-refractivity contribution in [2.24, 2.45) is 5.92 Å². The molecule has 0 saturated heterocycles. The molecule has 0 radical (unpaired) electrons. The quantitative estimate of drug-likeness (QED) is 0.424. The van der Waals surface area contributed by atoms with Gasteiger partial charge in [-0.3, -0.25) is 0 Å². The highest BCUT2D eigenvalue weighted by Gasteiger charge is 2.48. The number of aliphatic hydroxyl groups is 1. The largest absolute Gasteiger partial charge is 0.462 e. The molecule has 1 saturated carbocycles. The molecule has 0 aliphatic heterocycles. The third-order valence-electron chi connectivity index (χ3n) is 5.66. The highest BCUT2D eigenvalue weighted by atomic mass is 16.6. The van der Waals surface area contributed by atoms with Gasteiger partial charge in [-0.2, -0.15) is 0 Å². The van der Waals surface area contributed by atoms with Crippen LogP contribution in [0.4, 0.5) is 0 Å². The molecule has 3 aromatic rings. The van der Waals surface area contributed by atoms with Crippen LogP contribution in [-0.2, 0) is 14.2 Å². The normalized spacial score (nSPS) is 21.4. The molecule has 0 aromatic heterocycles. The second-order valence-corrected chi connectivity index (χ2v) is 8.00. The lowest BCUT2D eigenvalue weighted by Gasteiger charge is -2.25. The number of carbonyl (C=O) groups is 3. The molecular formula is C27H24O7. The molecule has 1 N–H and O–H groups in total. The van der Waals surface area contributed by atoms with Gasteiger partial charge < -0.3 is 19.3 Å². The van der Waals surface area contributed by atoms with Gasteiger partial charge in [-0.1, -0.05) is 54.6 Å². The van der Waals surface area contributed by atoms with E-state index in [0.717, 1.165) is 0 Å². The van der Waals surface area contributed by atoms with Crippen molar-refractivity contribution in [1.82, 2.24) is 0 Å². The first-order valence-electron chi connectivity index (χ1n) is 10.9. The van der Waals surface area contributed by atoms with Gasteiger partial charge >= 0.3 is 17.9 Å². The third-order valence-corrected chi connectivity index (χ3v) is 5.66. The molecule has 34 heavy (non-hydrogen) atoms. The summed E-state index contributed by atoms with van der Waals surface area (Å²) < 4.78 is 16.7. The first-order valence-corrected chi connectivity index (χ1v) is 10.9. The lowest BCUT2D eigenvalue weighted by Crippen LogP contribution is -2.40. The summed E-state index contributed by atoms with van der Waals surface area (Å²) in [7, 11) is 0. The molecule has 7 nitrogen and oxygen atoms in total. The van der Waals surface area contributed by atoms with Crippen LogP contribution >= 0.6 is 0 Å². The number of aliphatic hydroxyl groups excluding tert-OH is 1. The number of hydrogen-bond donors (Lipinski definition) is 1. The lowest BCUT2D eigenvalue weighted by atomic mass is 10.1. The highest BCUT2D eigenvalue weighted by Crippen LogP contribution is 2.33. The molecule has 3 aromatic carbocycles. The van der Waals surface area contributed by atoms with E-state index in [-0.39, 0.29) is 13.0 Å². The summed E-state index contributed by atoms with van der Waals surface area (Å²) in [6.07, 6.45) is -3.08. The van der Waals surface area contributed by atoms with Crippen molar-refractivity contribution >= 4 is 17.9 Å². The van der Waals surface area contributed by atoms with Crippen LogP contribution in [0.1, 0.15) is 37.5 Å². The summed E-state index contributed by atoms with van der Waals surface area (Å²) in [6, 6.07) is 25.2. The second kappa shape index (κ2) is 10.8. The fourth-order valence-corrected chi connectivity index (χ4v) is 3.91. The SMILES string of the molecule is O=C(OC[C@H]1C[C@H](O)C(OC(=O)c2ccccc2)[C@@H]1OC(=O)c1ccccc1)c1ccccc1. The number of rotatable bonds is 7. The van der Waals surface area contributed by atoms with E-state index < -0.39 is 42.1 Å². The fraction of sp³-hybridized carbons (Fsp3) is 0.222. The Morgan fingerprint density at radius 3 is 1.53 bits per heavy atom. The van der Waals surface area contributed by atoms with E-state index in [4.69, 9.17) is 14.2 Å². The van der Waals surface area contributed by atoms with Crippen LogP contribution in [0.5, 0.6) is 0 Å². The van der Waals surface area contributed by atoms with Crippen molar-refractivity contribution in [3.05, 3.63) is 108 Å². The van der Waals surface area contributed by atoms with Crippen molar-refractivity contribution in [2.45, 2.75) is 24.7 Å². The van der Waals surface area contributed by atoms with Gasteiger partial charge in [0.2, 0.25) is 0 Å². The Balaban J connectivity index is 1.51. The van der Waals surface area contributed by atoms with Crippen LogP contribution < -0.4 is 0 Å². The van der Waals surface area contributed by atoms with Gasteiger partial charge in [-0.05, 0) is 42.8 Å². The fourth-order valence-electron chi connectivity index (χ4n) is 3.91. The highest BCUT2D eigenvalue weighted by molar-refractivity contribution is 5.90. The maximum atomic E-state index is 12.8. The number of benzene rings is 3. The Labute approximate surface area is 196 Å². The number of esters is 3. The molecule has 1 unspecified atom stereocenters. The Bertz CT molecular complexity index is 1120. The molecule has 0 heterocycles. The van der Waals surface area contributed by atoms with Gasteiger partial charge in [0.1, 0.15) is 6.10 Å². The van der Waals surface area contributed by atoms with E-state index in [1.54, 1.807) is 91.0 Å². The van der Waals surface area contributed by atoms with E-state index in [1.807, 2.05) is 0 Å². The van der Waals surface area contributed by atoms with E-state index in [9.17, 15) is 19.5 Å². The maximum Gasteiger partial charge on any atom is 0.338 e. The first-order chi connectivity index (χ1) is 16.5. The van der Waals surface area contributed by atoms with Crippen LogP contribution in [0.3, 0.4) is 0 Å². The van der Waals surface area contributed by atoms with E-state index >= 15 is 0 Å². The predicted octanol–water partition coefficient (Wildman–Crippen LogP) is 3.68. The van der Waals surface area contributed by atoms with Gasteiger partial charge in [0, 0.05) is 5.92 Å². The van der Waals surface area contributed by atoms with Crippen LogP contribution in [0, 0.1) is 5.92 Å². The minimum absolute atomic E-state index is 0.114. The summed E-state index contributed by atoms with van der Waals surface area (Å²) in [5, 5.41) is 10.7. The minimum Gasteiger partial charge on any atom is -0.462 e. The van der Waals surface area contributed by atoms with Gasteiger partial charge in [-0.25, -0.2) is 14.4 Å². The van der Waals surface area contributed by atoms with Crippen LogP contribution in [0.15, 0.2) is 91.0 Å². The Kier molecular flexibility index (Phi) is 7.34. The summed E-state index contributed by atoms with van der Waals surface area (Å²) >= 11 is 0. The van der Waals surface area contributed by atoms with E-state index in [0.29, 0.717) is 16.7 Å². The lowest BCUT2D eigenvalue weighted by molar-refractivity contribution is -0.0636. The molecule has 1 fully saturated rings. The van der Waals surface area contributed by atoms with Crippen molar-refractivity contribution in [3.8, 4) is 0 Å². The molecule has 1 aliphatic rings. The number of carbonyl (C=O) groups excluding carboxylic acids is 3. The Hall–Kier alpha value is -3.97. The summed E-state index contributed by atoms with van der Waals surface area (Å²) in [5.74, 6) is -2.37. The van der Waals surface area contributed by atoms with E-state index in [2.05, 4.69) is 0 Å². The van der Waals surface area contributed by atoms with Gasteiger partial charge in [0.25, 0.3) is 0 Å². The molecular weight excluding hydrogens is 436 g/mol. The van der Waals surface area contributed by atoms with Crippen molar-refractivity contribution in [3.63, 3.8) is 0 Å². The molecule has 1 aliphatic carbocycles. The Morgan fingerprint density at radius 1 is 0.647 bits per heavy atom. The molecule has 4 rings (SSSR count). The minimum atomic E-state index is -1.11. The van der Waals surface area contributed by atoms with Gasteiger partial charge in [0.15, 0.2) is 6.10 Å². The second-order valence-electron chi connectivity index (χ2n) is 8.00. The summed E-state index contributed by atoms with van der Waals surface area (Å²) in [5.41, 5.74) is 1.00. The van der Waals surface area contributed by atoms with Gasteiger partial charge in [-0.15, -0.1) is 0 Å². The maximum absolute atomic E-state index is 12.8. The average molecular weight is 460 g/mol. The van der Waals surface area contributed by atoms with E-state index in [1.165, 1.54) is 0 Å². The third kappa shape index (κ3) is 5.50. The zero-order chi connectivity index (χ0) is 23.9. The standard InChI is InChI=1S/C27H24O7/c28-22-16-21(17-32-25(29)18-10-4-1-5-11-18)23(33-26(30)19-12-6-2-7-13-19)24(22)34-27(31)20-14-8-3-9-15-20/h1-15,21-24,28H,16-17H2/t21-,22+,23-,24?/m1/s1. The Morgan fingerprint density at radius 2 is 1.06 bits per heavy atom. The monoisotopic (exact) mass is 460 g/mol.